The number of halogens is 1. The van der Waals surface area contributed by atoms with Gasteiger partial charge in [0.15, 0.2) is 0 Å². The highest BCUT2D eigenvalue weighted by Crippen LogP contribution is 2.38. The monoisotopic (exact) mass is 548 g/mol. The first kappa shape index (κ1) is 28.1. The van der Waals surface area contributed by atoms with Crippen LogP contribution in [-0.2, 0) is 28.9 Å². The minimum absolute atomic E-state index is 0.155. The summed E-state index contributed by atoms with van der Waals surface area (Å²) in [5, 5.41) is 9.32. The van der Waals surface area contributed by atoms with E-state index in [9.17, 15) is 9.90 Å². The molecule has 7 nitrogen and oxygen atoms in total. The summed E-state index contributed by atoms with van der Waals surface area (Å²) in [5.41, 5.74) is 5.41. The van der Waals surface area contributed by atoms with Crippen LogP contribution in [0, 0.1) is 11.7 Å². The second kappa shape index (κ2) is 12.4. The molecule has 40 heavy (non-hydrogen) atoms. The summed E-state index contributed by atoms with van der Waals surface area (Å²) in [6.07, 6.45) is 5.37. The van der Waals surface area contributed by atoms with Gasteiger partial charge in [-0.25, -0.2) is 9.37 Å². The highest BCUT2D eigenvalue weighted by atomic mass is 19.1. The summed E-state index contributed by atoms with van der Waals surface area (Å²) in [6.45, 7) is 4.01. The quantitative estimate of drug-likeness (QED) is 0.341. The van der Waals surface area contributed by atoms with Crippen LogP contribution in [0.15, 0.2) is 48.7 Å². The number of benzene rings is 2. The predicted octanol–water partition coefficient (Wildman–Crippen LogP) is 5.84. The SMILES string of the molecule is COC[C@@H]1CCCN1Cc1cc([C@@H]2CCc3ccc(C[C@H](C)C(=O)O)cc3O2)ccc1-c1cc(OC)ncc1F. The number of carbonyl (C=O) groups is 1. The van der Waals surface area contributed by atoms with Crippen LogP contribution in [0.3, 0.4) is 0 Å². The van der Waals surface area contributed by atoms with Crippen LogP contribution < -0.4 is 9.47 Å². The normalized spacial score (nSPS) is 19.6. The molecule has 0 amide bonds. The number of rotatable bonds is 10. The highest BCUT2D eigenvalue weighted by Gasteiger charge is 2.28. The molecule has 212 valence electrons. The van der Waals surface area contributed by atoms with Crippen molar-refractivity contribution in [2.24, 2.45) is 5.92 Å². The molecule has 0 radical (unpaired) electrons. The lowest BCUT2D eigenvalue weighted by atomic mass is 9.91. The summed E-state index contributed by atoms with van der Waals surface area (Å²) >= 11 is 0. The number of methoxy groups -OCH3 is 2. The van der Waals surface area contributed by atoms with Crippen molar-refractivity contribution in [3.8, 4) is 22.8 Å². The number of carboxylic acids is 1. The Morgan fingerprint density at radius 3 is 2.80 bits per heavy atom. The van der Waals surface area contributed by atoms with Gasteiger partial charge in [0.2, 0.25) is 5.88 Å². The zero-order valence-electron chi connectivity index (χ0n) is 23.4. The van der Waals surface area contributed by atoms with Crippen molar-refractivity contribution in [2.75, 3.05) is 27.4 Å². The molecule has 1 aromatic heterocycles. The number of pyridine rings is 1. The van der Waals surface area contributed by atoms with Gasteiger partial charge in [0.05, 0.1) is 25.8 Å². The summed E-state index contributed by atoms with van der Waals surface area (Å²) in [5.74, 6) is -0.493. The predicted molar refractivity (Wildman–Crippen MR) is 150 cm³/mol. The topological polar surface area (TPSA) is 81.1 Å². The van der Waals surface area contributed by atoms with E-state index in [2.05, 4.69) is 16.0 Å². The molecule has 3 aromatic rings. The lowest BCUT2D eigenvalue weighted by Crippen LogP contribution is -2.32. The molecule has 1 saturated heterocycles. The van der Waals surface area contributed by atoms with E-state index in [1.54, 1.807) is 20.1 Å². The molecule has 1 fully saturated rings. The summed E-state index contributed by atoms with van der Waals surface area (Å²) in [6, 6.07) is 14.2. The van der Waals surface area contributed by atoms with Crippen LogP contribution in [0.25, 0.3) is 11.1 Å². The van der Waals surface area contributed by atoms with E-state index in [1.807, 2.05) is 30.3 Å². The zero-order chi connectivity index (χ0) is 28.2. The van der Waals surface area contributed by atoms with Crippen molar-refractivity contribution in [3.05, 3.63) is 76.7 Å². The molecule has 5 rings (SSSR count). The number of fused-ring (bicyclic) bond motifs is 1. The first-order valence-electron chi connectivity index (χ1n) is 13.9. The molecule has 1 N–H and O–H groups in total. The molecule has 3 atom stereocenters. The molecular formula is C32H37FN2O5. The molecule has 0 spiro atoms. The number of aryl methyl sites for hydroxylation is 1. The number of hydrogen-bond acceptors (Lipinski definition) is 6. The Morgan fingerprint density at radius 2 is 2.02 bits per heavy atom. The minimum Gasteiger partial charge on any atom is -0.485 e. The van der Waals surface area contributed by atoms with Crippen molar-refractivity contribution < 1.29 is 28.5 Å². The number of nitrogens with zero attached hydrogens (tertiary/aromatic N) is 2. The maximum absolute atomic E-state index is 15.1. The van der Waals surface area contributed by atoms with Crippen molar-refractivity contribution >= 4 is 5.97 Å². The molecule has 0 saturated carbocycles. The van der Waals surface area contributed by atoms with Crippen molar-refractivity contribution in [2.45, 2.75) is 57.7 Å². The maximum atomic E-state index is 15.1. The smallest absolute Gasteiger partial charge is 0.306 e. The van der Waals surface area contributed by atoms with Crippen LogP contribution in [-0.4, -0.2) is 54.4 Å². The van der Waals surface area contributed by atoms with Gasteiger partial charge in [-0.15, -0.1) is 0 Å². The summed E-state index contributed by atoms with van der Waals surface area (Å²) < 4.78 is 32.3. The molecular weight excluding hydrogens is 511 g/mol. The first-order chi connectivity index (χ1) is 19.4. The molecule has 0 unspecified atom stereocenters. The van der Waals surface area contributed by atoms with Crippen LogP contribution in [0.1, 0.15) is 54.5 Å². The van der Waals surface area contributed by atoms with Gasteiger partial charge in [0, 0.05) is 31.3 Å². The molecule has 8 heteroatoms. The average Bonchev–Trinajstić information content (AvgIpc) is 3.39. The molecule has 2 aliphatic rings. The van der Waals surface area contributed by atoms with Crippen molar-refractivity contribution in [1.82, 2.24) is 9.88 Å². The fraction of sp³-hybridized carbons (Fsp3) is 0.438. The fourth-order valence-corrected chi connectivity index (χ4v) is 5.86. The Balaban J connectivity index is 1.47. The van der Waals surface area contributed by atoms with Gasteiger partial charge in [-0.1, -0.05) is 37.3 Å². The largest absolute Gasteiger partial charge is 0.485 e. The van der Waals surface area contributed by atoms with Crippen molar-refractivity contribution in [3.63, 3.8) is 0 Å². The van der Waals surface area contributed by atoms with Gasteiger partial charge in [-0.2, -0.15) is 0 Å². The Labute approximate surface area is 234 Å². The number of aliphatic carboxylic acids is 1. The van der Waals surface area contributed by atoms with E-state index in [0.29, 0.717) is 37.1 Å². The van der Waals surface area contributed by atoms with Gasteiger partial charge >= 0.3 is 5.97 Å². The summed E-state index contributed by atoms with van der Waals surface area (Å²) in [4.78, 5) is 17.8. The van der Waals surface area contributed by atoms with Gasteiger partial charge in [-0.3, -0.25) is 9.69 Å². The Hall–Kier alpha value is -3.49. The molecule has 0 bridgehead atoms. The zero-order valence-corrected chi connectivity index (χ0v) is 23.4. The molecule has 3 heterocycles. The Morgan fingerprint density at radius 1 is 1.18 bits per heavy atom. The number of carboxylic acid groups (broad SMARTS) is 1. The van der Waals surface area contributed by atoms with Gasteiger partial charge in [0.1, 0.15) is 17.7 Å². The van der Waals surface area contributed by atoms with E-state index in [-0.39, 0.29) is 6.10 Å². The Bertz CT molecular complexity index is 1360. The van der Waals surface area contributed by atoms with E-state index < -0.39 is 17.7 Å². The average molecular weight is 549 g/mol. The van der Waals surface area contributed by atoms with Gasteiger partial charge < -0.3 is 19.3 Å². The highest BCUT2D eigenvalue weighted by molar-refractivity contribution is 5.70. The third kappa shape index (κ3) is 6.13. The third-order valence-corrected chi connectivity index (χ3v) is 8.10. The van der Waals surface area contributed by atoms with Crippen molar-refractivity contribution in [1.29, 1.82) is 0 Å². The minimum atomic E-state index is -0.807. The van der Waals surface area contributed by atoms with Crippen LogP contribution >= 0.6 is 0 Å². The molecule has 0 aliphatic carbocycles. The number of aromatic nitrogens is 1. The van der Waals surface area contributed by atoms with Gasteiger partial charge in [-0.05, 0) is 72.5 Å². The number of hydrogen-bond donors (Lipinski definition) is 1. The summed E-state index contributed by atoms with van der Waals surface area (Å²) in [7, 11) is 3.26. The number of likely N-dealkylation sites (tertiary alicyclic amines) is 1. The van der Waals surface area contributed by atoms with E-state index in [1.165, 1.54) is 13.3 Å². The second-order valence-corrected chi connectivity index (χ2v) is 10.9. The Kier molecular flexibility index (Phi) is 8.66. The number of ether oxygens (including phenoxy) is 3. The van der Waals surface area contributed by atoms with Crippen LogP contribution in [0.5, 0.6) is 11.6 Å². The fourth-order valence-electron chi connectivity index (χ4n) is 5.86. The maximum Gasteiger partial charge on any atom is 0.306 e. The third-order valence-electron chi connectivity index (χ3n) is 8.10. The van der Waals surface area contributed by atoms with E-state index in [0.717, 1.165) is 65.8 Å². The van der Waals surface area contributed by atoms with E-state index in [4.69, 9.17) is 14.2 Å². The van der Waals surface area contributed by atoms with Crippen LogP contribution in [0.2, 0.25) is 0 Å². The second-order valence-electron chi connectivity index (χ2n) is 10.9. The van der Waals surface area contributed by atoms with Crippen LogP contribution in [0.4, 0.5) is 4.39 Å². The lowest BCUT2D eigenvalue weighted by molar-refractivity contribution is -0.141. The van der Waals surface area contributed by atoms with Gasteiger partial charge in [0.25, 0.3) is 0 Å². The first-order valence-corrected chi connectivity index (χ1v) is 13.9. The standard InChI is InChI=1S/C32H37FN2O5/c1-20(32(36)37)13-21-6-7-22-9-11-29(40-30(22)14-21)23-8-10-26(27-16-31(39-3)34-17-28(27)33)24(15-23)18-35-12-4-5-25(35)19-38-2/h6-8,10,14-17,20,25,29H,4-5,9,11-13,18-19H2,1-3H3,(H,36,37)/t20-,25-,29-/m0/s1. The molecule has 2 aliphatic heterocycles. The lowest BCUT2D eigenvalue weighted by Gasteiger charge is -2.29. The van der Waals surface area contributed by atoms with E-state index >= 15 is 4.39 Å². The molecule has 2 aromatic carbocycles.